The van der Waals surface area contributed by atoms with Crippen molar-refractivity contribution in [3.05, 3.63) is 52.1 Å². The van der Waals surface area contributed by atoms with Gasteiger partial charge in [-0.15, -0.1) is 0 Å². The van der Waals surface area contributed by atoms with E-state index in [1.54, 1.807) is 12.1 Å². The second kappa shape index (κ2) is 6.62. The van der Waals surface area contributed by atoms with Crippen LogP contribution in [0.15, 0.2) is 39.2 Å². The third-order valence-electron chi connectivity index (χ3n) is 2.78. The summed E-state index contributed by atoms with van der Waals surface area (Å²) in [6, 6.07) is 8.45. The van der Waals surface area contributed by atoms with E-state index in [0.29, 0.717) is 22.5 Å². The Morgan fingerprint density at radius 1 is 1.19 bits per heavy atom. The van der Waals surface area contributed by atoms with E-state index < -0.39 is 0 Å². The number of halogens is 2. The molecule has 21 heavy (non-hydrogen) atoms. The summed E-state index contributed by atoms with van der Waals surface area (Å²) in [7, 11) is 0. The highest BCUT2D eigenvalue weighted by molar-refractivity contribution is 9.10. The van der Waals surface area contributed by atoms with E-state index in [9.17, 15) is 4.39 Å². The van der Waals surface area contributed by atoms with Crippen LogP contribution in [0.4, 0.5) is 4.39 Å². The minimum atomic E-state index is -0.345. The number of rotatable bonds is 5. The highest BCUT2D eigenvalue weighted by atomic mass is 79.9. The van der Waals surface area contributed by atoms with Gasteiger partial charge in [-0.1, -0.05) is 0 Å². The second-order valence-electron chi connectivity index (χ2n) is 5.84. The molecule has 0 fully saturated rings. The molecule has 1 heterocycles. The van der Waals surface area contributed by atoms with Gasteiger partial charge in [-0.25, -0.2) is 4.39 Å². The summed E-state index contributed by atoms with van der Waals surface area (Å²) in [6.45, 7) is 7.24. The van der Waals surface area contributed by atoms with Gasteiger partial charge < -0.3 is 14.5 Å². The van der Waals surface area contributed by atoms with E-state index in [0.717, 1.165) is 5.76 Å². The van der Waals surface area contributed by atoms with E-state index in [1.807, 2.05) is 12.1 Å². The van der Waals surface area contributed by atoms with Crippen LogP contribution in [0.2, 0.25) is 0 Å². The number of nitrogens with one attached hydrogen (secondary N) is 1. The lowest BCUT2D eigenvalue weighted by Crippen LogP contribution is -2.34. The van der Waals surface area contributed by atoms with Crippen molar-refractivity contribution in [2.75, 3.05) is 0 Å². The Labute approximate surface area is 132 Å². The fraction of sp³-hybridized carbons (Fsp3) is 0.375. The quantitative estimate of drug-likeness (QED) is 0.847. The zero-order valence-corrected chi connectivity index (χ0v) is 14.0. The molecule has 0 spiro atoms. The molecule has 2 aromatic rings. The molecule has 2 rings (SSSR count). The number of ether oxygens (including phenoxy) is 1. The summed E-state index contributed by atoms with van der Waals surface area (Å²) < 4.78 is 25.0. The molecule has 0 bridgehead atoms. The zero-order valence-electron chi connectivity index (χ0n) is 12.4. The molecule has 1 N–H and O–H groups in total. The predicted molar refractivity (Wildman–Crippen MR) is 83.7 cm³/mol. The Morgan fingerprint density at radius 3 is 2.57 bits per heavy atom. The van der Waals surface area contributed by atoms with E-state index in [-0.39, 0.29) is 18.0 Å². The van der Waals surface area contributed by atoms with Gasteiger partial charge in [-0.05, 0) is 61.0 Å². The third-order valence-corrected chi connectivity index (χ3v) is 3.43. The van der Waals surface area contributed by atoms with Crippen molar-refractivity contribution < 1.29 is 13.5 Å². The maximum atomic E-state index is 13.4. The minimum Gasteiger partial charge on any atom is -0.486 e. The van der Waals surface area contributed by atoms with Crippen LogP contribution in [0, 0.1) is 5.82 Å². The maximum absolute atomic E-state index is 13.4. The second-order valence-corrected chi connectivity index (χ2v) is 6.69. The molecule has 3 nitrogen and oxygen atoms in total. The molecule has 0 aliphatic heterocycles. The van der Waals surface area contributed by atoms with Crippen LogP contribution in [0.25, 0.3) is 0 Å². The van der Waals surface area contributed by atoms with Crippen molar-refractivity contribution in [3.8, 4) is 5.75 Å². The fourth-order valence-corrected chi connectivity index (χ4v) is 1.91. The molecule has 0 atom stereocenters. The van der Waals surface area contributed by atoms with E-state index in [1.165, 1.54) is 6.07 Å². The summed E-state index contributed by atoms with van der Waals surface area (Å²) in [4.78, 5) is 0. The Kier molecular flexibility index (Phi) is 5.06. The monoisotopic (exact) mass is 355 g/mol. The number of furan rings is 1. The van der Waals surface area contributed by atoms with Crippen molar-refractivity contribution in [1.82, 2.24) is 5.32 Å². The van der Waals surface area contributed by atoms with Crippen molar-refractivity contribution in [3.63, 3.8) is 0 Å². The molecule has 0 aliphatic carbocycles. The molecule has 0 unspecified atom stereocenters. The molecule has 0 saturated heterocycles. The Morgan fingerprint density at radius 2 is 1.90 bits per heavy atom. The molecule has 0 radical (unpaired) electrons. The van der Waals surface area contributed by atoms with Crippen LogP contribution in [0.3, 0.4) is 0 Å². The molecule has 0 saturated carbocycles. The molecule has 0 amide bonds. The summed E-state index contributed by atoms with van der Waals surface area (Å²) in [5, 5.41) is 3.35. The average molecular weight is 356 g/mol. The average Bonchev–Trinajstić information content (AvgIpc) is 2.85. The van der Waals surface area contributed by atoms with Gasteiger partial charge in [0.2, 0.25) is 0 Å². The van der Waals surface area contributed by atoms with Crippen LogP contribution < -0.4 is 10.1 Å². The Hall–Kier alpha value is -1.33. The van der Waals surface area contributed by atoms with Gasteiger partial charge >= 0.3 is 0 Å². The normalized spacial score (nSPS) is 11.7. The molecule has 114 valence electrons. The highest BCUT2D eigenvalue weighted by Gasteiger charge is 2.10. The molecular weight excluding hydrogens is 337 g/mol. The third kappa shape index (κ3) is 5.17. The van der Waals surface area contributed by atoms with Gasteiger partial charge in [0.15, 0.2) is 0 Å². The molecule has 0 aliphatic rings. The first-order valence-corrected chi connectivity index (χ1v) is 7.53. The summed E-state index contributed by atoms with van der Waals surface area (Å²) in [5.74, 6) is 1.69. The van der Waals surface area contributed by atoms with Gasteiger partial charge in [0.05, 0.1) is 11.0 Å². The van der Waals surface area contributed by atoms with Crippen molar-refractivity contribution in [2.45, 2.75) is 39.5 Å². The number of hydrogen-bond donors (Lipinski definition) is 1. The largest absolute Gasteiger partial charge is 0.486 e. The van der Waals surface area contributed by atoms with Crippen molar-refractivity contribution in [2.24, 2.45) is 0 Å². The smallest absolute Gasteiger partial charge is 0.146 e. The SMILES string of the molecule is CC(C)(C)NCc1ccc(COc2ccc(Br)c(F)c2)o1. The first kappa shape index (κ1) is 16.0. The molecular formula is C16H19BrFNO2. The summed E-state index contributed by atoms with van der Waals surface area (Å²) in [5.41, 5.74) is 0.0401. The van der Waals surface area contributed by atoms with Crippen molar-refractivity contribution >= 4 is 15.9 Å². The molecule has 1 aromatic carbocycles. The minimum absolute atomic E-state index is 0.0401. The van der Waals surface area contributed by atoms with Crippen LogP contribution in [-0.2, 0) is 13.2 Å². The van der Waals surface area contributed by atoms with Crippen LogP contribution in [0.1, 0.15) is 32.3 Å². The maximum Gasteiger partial charge on any atom is 0.146 e. The standard InChI is InChI=1S/C16H19BrFNO2/c1-16(2,3)19-9-12-4-5-13(21-12)10-20-11-6-7-14(17)15(18)8-11/h4-8,19H,9-10H2,1-3H3. The number of hydrogen-bond acceptors (Lipinski definition) is 3. The van der Waals surface area contributed by atoms with Gasteiger partial charge in [-0.2, -0.15) is 0 Å². The predicted octanol–water partition coefficient (Wildman–Crippen LogP) is 4.65. The Bertz CT molecular complexity index is 605. The topological polar surface area (TPSA) is 34.4 Å². The van der Waals surface area contributed by atoms with E-state index >= 15 is 0 Å². The Balaban J connectivity index is 1.89. The van der Waals surface area contributed by atoms with Crippen molar-refractivity contribution in [1.29, 1.82) is 0 Å². The first-order valence-electron chi connectivity index (χ1n) is 6.74. The molecule has 1 aromatic heterocycles. The van der Waals surface area contributed by atoms with Gasteiger partial charge in [-0.3, -0.25) is 0 Å². The zero-order chi connectivity index (χ0) is 15.5. The number of benzene rings is 1. The molecule has 5 heteroatoms. The highest BCUT2D eigenvalue weighted by Crippen LogP contribution is 2.22. The van der Waals surface area contributed by atoms with E-state index in [2.05, 4.69) is 42.0 Å². The lowest BCUT2D eigenvalue weighted by molar-refractivity contribution is 0.262. The van der Waals surface area contributed by atoms with Crippen LogP contribution in [0.5, 0.6) is 5.75 Å². The van der Waals surface area contributed by atoms with Crippen LogP contribution >= 0.6 is 15.9 Å². The van der Waals surface area contributed by atoms with Crippen LogP contribution in [-0.4, -0.2) is 5.54 Å². The van der Waals surface area contributed by atoms with Gasteiger partial charge in [0.1, 0.15) is 29.7 Å². The first-order chi connectivity index (χ1) is 9.83. The van der Waals surface area contributed by atoms with E-state index in [4.69, 9.17) is 9.15 Å². The fourth-order valence-electron chi connectivity index (χ4n) is 1.67. The lowest BCUT2D eigenvalue weighted by atomic mass is 10.1. The lowest BCUT2D eigenvalue weighted by Gasteiger charge is -2.19. The van der Waals surface area contributed by atoms with Gasteiger partial charge in [0.25, 0.3) is 0 Å². The summed E-state index contributed by atoms with van der Waals surface area (Å²) >= 11 is 3.11. The summed E-state index contributed by atoms with van der Waals surface area (Å²) in [6.07, 6.45) is 0. The van der Waals surface area contributed by atoms with Gasteiger partial charge in [0, 0.05) is 11.6 Å².